The normalized spacial score (nSPS) is 14.5. The van der Waals surface area contributed by atoms with E-state index in [2.05, 4.69) is 0 Å². The number of hydrogen-bond acceptors (Lipinski definition) is 4. The van der Waals surface area contributed by atoms with Crippen molar-refractivity contribution in [2.24, 2.45) is 0 Å². The highest BCUT2D eigenvalue weighted by Gasteiger charge is 2.26. The van der Waals surface area contributed by atoms with E-state index in [1.54, 1.807) is 21.6 Å². The molecule has 9 heteroatoms. The molecule has 1 aliphatic rings. The smallest absolute Gasteiger partial charge is 0.257 e. The van der Waals surface area contributed by atoms with Gasteiger partial charge in [-0.25, -0.2) is 4.39 Å². The second kappa shape index (κ2) is 9.28. The lowest BCUT2D eigenvalue weighted by atomic mass is 10.1. The fraction of sp³-hybridized carbons (Fsp3) is 0.333. The number of amides is 2. The minimum atomic E-state index is -0.590. The third-order valence-electron chi connectivity index (χ3n) is 4.18. The van der Waals surface area contributed by atoms with Gasteiger partial charge in [-0.05, 0) is 30.3 Å². The van der Waals surface area contributed by atoms with Crippen LogP contribution in [0.5, 0.6) is 0 Å². The van der Waals surface area contributed by atoms with Crippen molar-refractivity contribution in [1.29, 1.82) is 0 Å². The summed E-state index contributed by atoms with van der Waals surface area (Å²) in [4.78, 5) is 29.3. The van der Waals surface area contributed by atoms with Crippen LogP contribution < -0.4 is 0 Å². The van der Waals surface area contributed by atoms with E-state index in [4.69, 9.17) is 23.2 Å². The zero-order valence-electron chi connectivity index (χ0n) is 14.3. The lowest BCUT2D eigenvalue weighted by Gasteiger charge is -2.34. The largest absolute Gasteiger partial charge is 0.338 e. The van der Waals surface area contributed by atoms with Crippen LogP contribution in [0.15, 0.2) is 30.3 Å². The molecule has 2 heterocycles. The Morgan fingerprint density at radius 3 is 2.44 bits per heavy atom. The van der Waals surface area contributed by atoms with E-state index in [1.807, 2.05) is 12.1 Å². The fourth-order valence-corrected chi connectivity index (χ4v) is 5.05. The predicted molar refractivity (Wildman–Crippen MR) is 109 cm³/mol. The zero-order valence-corrected chi connectivity index (χ0v) is 17.4. The minimum absolute atomic E-state index is 0.0348. The number of carbonyl (C=O) groups is 2. The molecule has 0 atom stereocenters. The molecule has 4 nitrogen and oxygen atoms in total. The van der Waals surface area contributed by atoms with Crippen LogP contribution in [0.2, 0.25) is 9.36 Å². The summed E-state index contributed by atoms with van der Waals surface area (Å²) in [6, 6.07) is 7.75. The van der Waals surface area contributed by atoms with Gasteiger partial charge in [0.1, 0.15) is 5.82 Å². The van der Waals surface area contributed by atoms with Gasteiger partial charge in [-0.1, -0.05) is 23.2 Å². The first kappa shape index (κ1) is 20.5. The highest BCUT2D eigenvalue weighted by atomic mass is 35.5. The SMILES string of the molecule is O=C(CSCc1ccc(Cl)s1)N1CCN(C(=O)c2cc(Cl)ccc2F)CC1. The van der Waals surface area contributed by atoms with Crippen molar-refractivity contribution < 1.29 is 14.0 Å². The molecule has 0 N–H and O–H groups in total. The molecule has 3 rings (SSSR count). The lowest BCUT2D eigenvalue weighted by Crippen LogP contribution is -2.51. The minimum Gasteiger partial charge on any atom is -0.338 e. The number of halogens is 3. The molecule has 1 fully saturated rings. The molecule has 27 heavy (non-hydrogen) atoms. The molecule has 1 saturated heterocycles. The standard InChI is InChI=1S/C18H17Cl2FN2O2S2/c19-12-1-3-15(21)14(9-12)18(25)23-7-5-22(6-8-23)17(24)11-26-10-13-2-4-16(20)27-13/h1-4,9H,5-8,10-11H2. The Hall–Kier alpha value is -1.28. The molecule has 0 unspecified atom stereocenters. The van der Waals surface area contributed by atoms with Gasteiger partial charge in [-0.2, -0.15) is 0 Å². The van der Waals surface area contributed by atoms with Crippen LogP contribution in [0.3, 0.4) is 0 Å². The quantitative estimate of drug-likeness (QED) is 0.682. The number of hydrogen-bond donors (Lipinski definition) is 0. The van der Waals surface area contributed by atoms with Gasteiger partial charge in [0.05, 0.1) is 15.7 Å². The van der Waals surface area contributed by atoms with Gasteiger partial charge in [-0.15, -0.1) is 23.1 Å². The van der Waals surface area contributed by atoms with Gasteiger partial charge < -0.3 is 9.80 Å². The summed E-state index contributed by atoms with van der Waals surface area (Å²) < 4.78 is 14.6. The first-order valence-electron chi connectivity index (χ1n) is 8.28. The van der Waals surface area contributed by atoms with Crippen molar-refractivity contribution in [3.8, 4) is 0 Å². The van der Waals surface area contributed by atoms with Crippen LogP contribution in [0.4, 0.5) is 4.39 Å². The van der Waals surface area contributed by atoms with E-state index >= 15 is 0 Å². The monoisotopic (exact) mass is 446 g/mol. The molecular formula is C18H17Cl2FN2O2S2. The Labute approximate surface area is 175 Å². The van der Waals surface area contributed by atoms with Crippen molar-refractivity contribution in [3.63, 3.8) is 0 Å². The Bertz CT molecular complexity index is 839. The van der Waals surface area contributed by atoms with Gasteiger partial charge in [0.2, 0.25) is 5.91 Å². The second-order valence-corrected chi connectivity index (χ2v) is 9.22. The van der Waals surface area contributed by atoms with Crippen LogP contribution in [-0.2, 0) is 10.5 Å². The number of rotatable bonds is 5. The molecule has 1 aliphatic heterocycles. The van der Waals surface area contributed by atoms with E-state index in [9.17, 15) is 14.0 Å². The van der Waals surface area contributed by atoms with Gasteiger partial charge in [0.25, 0.3) is 5.91 Å². The summed E-state index contributed by atoms with van der Waals surface area (Å²) in [6.45, 7) is 1.64. The molecule has 0 bridgehead atoms. The molecule has 0 spiro atoms. The van der Waals surface area contributed by atoms with Crippen molar-refractivity contribution in [3.05, 3.63) is 55.9 Å². The van der Waals surface area contributed by atoms with E-state index in [1.165, 1.54) is 29.5 Å². The van der Waals surface area contributed by atoms with Crippen molar-refractivity contribution >= 4 is 58.1 Å². The number of thiophene rings is 1. The maximum Gasteiger partial charge on any atom is 0.257 e. The molecule has 1 aromatic carbocycles. The van der Waals surface area contributed by atoms with Crippen LogP contribution in [0.25, 0.3) is 0 Å². The topological polar surface area (TPSA) is 40.6 Å². The fourth-order valence-electron chi connectivity index (χ4n) is 2.75. The number of carbonyl (C=O) groups excluding carboxylic acids is 2. The number of benzene rings is 1. The zero-order chi connectivity index (χ0) is 19.4. The molecule has 0 aliphatic carbocycles. The van der Waals surface area contributed by atoms with E-state index < -0.39 is 11.7 Å². The summed E-state index contributed by atoms with van der Waals surface area (Å²) in [6.07, 6.45) is 0. The third-order valence-corrected chi connectivity index (χ3v) is 6.79. The van der Waals surface area contributed by atoms with Crippen molar-refractivity contribution in [2.45, 2.75) is 5.75 Å². The lowest BCUT2D eigenvalue weighted by molar-refractivity contribution is -0.129. The average molecular weight is 447 g/mol. The van der Waals surface area contributed by atoms with Gasteiger partial charge in [-0.3, -0.25) is 9.59 Å². The summed E-state index contributed by atoms with van der Waals surface area (Å²) in [7, 11) is 0. The van der Waals surface area contributed by atoms with Crippen molar-refractivity contribution in [1.82, 2.24) is 9.80 Å². The average Bonchev–Trinajstić information content (AvgIpc) is 3.08. The highest BCUT2D eigenvalue weighted by Crippen LogP contribution is 2.25. The maximum absolute atomic E-state index is 13.9. The Kier molecular flexibility index (Phi) is 7.03. The van der Waals surface area contributed by atoms with Crippen molar-refractivity contribution in [2.75, 3.05) is 31.9 Å². The molecular weight excluding hydrogens is 430 g/mol. The third kappa shape index (κ3) is 5.38. The number of thioether (sulfide) groups is 1. The van der Waals surface area contributed by atoms with Crippen LogP contribution in [0, 0.1) is 5.82 Å². The molecule has 1 aromatic heterocycles. The highest BCUT2D eigenvalue weighted by molar-refractivity contribution is 7.99. The number of nitrogens with zero attached hydrogens (tertiary/aromatic N) is 2. The molecule has 0 saturated carbocycles. The van der Waals surface area contributed by atoms with Gasteiger partial charge in [0.15, 0.2) is 0 Å². The summed E-state index contributed by atoms with van der Waals surface area (Å²) in [5, 5.41) is 0.317. The van der Waals surface area contributed by atoms with Gasteiger partial charge >= 0.3 is 0 Å². The van der Waals surface area contributed by atoms with Crippen LogP contribution >= 0.6 is 46.3 Å². The van der Waals surface area contributed by atoms with E-state index in [-0.39, 0.29) is 11.5 Å². The Balaban J connectivity index is 1.47. The molecule has 2 amide bonds. The van der Waals surface area contributed by atoms with E-state index in [0.717, 1.165) is 15.0 Å². The Morgan fingerprint density at radius 1 is 1.07 bits per heavy atom. The molecule has 144 valence electrons. The first-order chi connectivity index (χ1) is 12.9. The maximum atomic E-state index is 13.9. The van der Waals surface area contributed by atoms with Gasteiger partial charge in [0, 0.05) is 41.8 Å². The second-order valence-electron chi connectivity index (χ2n) is 6.00. The summed E-state index contributed by atoms with van der Waals surface area (Å²) in [5.74, 6) is 0.185. The van der Waals surface area contributed by atoms with E-state index in [0.29, 0.717) is 37.0 Å². The molecule has 0 radical (unpaired) electrons. The first-order valence-corrected chi connectivity index (χ1v) is 11.0. The summed E-state index contributed by atoms with van der Waals surface area (Å²) >= 11 is 14.8. The summed E-state index contributed by atoms with van der Waals surface area (Å²) in [5.41, 5.74) is -0.0348. The predicted octanol–water partition coefficient (Wildman–Crippen LogP) is 4.41. The number of piperazine rings is 1. The molecule has 2 aromatic rings. The van der Waals surface area contributed by atoms with Crippen LogP contribution in [0.1, 0.15) is 15.2 Å². The Morgan fingerprint density at radius 2 is 1.78 bits per heavy atom. The van der Waals surface area contributed by atoms with Crippen LogP contribution in [-0.4, -0.2) is 53.5 Å².